The number of halogens is 8. The molecular formula is C5H4F8O. The maximum atomic E-state index is 11.7. The van der Waals surface area contributed by atoms with E-state index in [1.165, 1.54) is 0 Å². The number of hydrogen-bond acceptors (Lipinski definition) is 1. The lowest BCUT2D eigenvalue weighted by atomic mass is 10.2. The van der Waals surface area contributed by atoms with Gasteiger partial charge in [0.15, 0.2) is 6.10 Å². The smallest absolute Gasteiger partial charge is 0.279 e. The summed E-state index contributed by atoms with van der Waals surface area (Å²) in [4.78, 5) is 0. The topological polar surface area (TPSA) is 9.23 Å². The van der Waals surface area contributed by atoms with Crippen LogP contribution in [0.3, 0.4) is 0 Å². The minimum atomic E-state index is -5.59. The molecule has 0 aliphatic rings. The Morgan fingerprint density at radius 3 is 1.57 bits per heavy atom. The van der Waals surface area contributed by atoms with Crippen molar-refractivity contribution in [2.24, 2.45) is 0 Å². The van der Waals surface area contributed by atoms with Crippen LogP contribution in [0.2, 0.25) is 0 Å². The van der Waals surface area contributed by atoms with Gasteiger partial charge in [-0.05, 0) is 0 Å². The molecule has 0 amide bonds. The molecule has 0 fully saturated rings. The van der Waals surface area contributed by atoms with E-state index in [2.05, 4.69) is 4.74 Å². The van der Waals surface area contributed by atoms with Gasteiger partial charge < -0.3 is 0 Å². The van der Waals surface area contributed by atoms with Gasteiger partial charge in [-0.15, -0.1) is 13.2 Å². The van der Waals surface area contributed by atoms with Gasteiger partial charge in [0, 0.05) is 6.42 Å². The molecule has 0 saturated heterocycles. The normalized spacial score (nSPS) is 16.1. The monoisotopic (exact) mass is 232 g/mol. The Labute approximate surface area is 72.6 Å². The van der Waals surface area contributed by atoms with Crippen LogP contribution in [0, 0.1) is 0 Å². The molecule has 1 nitrogen and oxygen atoms in total. The SMILES string of the molecule is FC(F)CC(OC(F)(F)F)C(F)(F)F. The average molecular weight is 232 g/mol. The van der Waals surface area contributed by atoms with Crippen molar-refractivity contribution >= 4 is 0 Å². The third kappa shape index (κ3) is 5.95. The van der Waals surface area contributed by atoms with Crippen molar-refractivity contribution in [1.29, 1.82) is 0 Å². The molecule has 0 radical (unpaired) electrons. The van der Waals surface area contributed by atoms with Crippen LogP contribution in [-0.2, 0) is 4.74 Å². The zero-order valence-corrected chi connectivity index (χ0v) is 6.29. The molecule has 0 saturated carbocycles. The summed E-state index contributed by atoms with van der Waals surface area (Å²) < 4.78 is 94.3. The highest BCUT2D eigenvalue weighted by Gasteiger charge is 2.48. The average Bonchev–Trinajstić information content (AvgIpc) is 1.78. The van der Waals surface area contributed by atoms with Crippen molar-refractivity contribution in [3.63, 3.8) is 0 Å². The highest BCUT2D eigenvalue weighted by molar-refractivity contribution is 4.69. The standard InChI is InChI=1S/C5H4F8O/c6-3(7)1-2(4(8,9)10)14-5(11,12)13/h2-3H,1H2. The number of ether oxygens (including phenoxy) is 1. The summed E-state index contributed by atoms with van der Waals surface area (Å²) in [5.74, 6) is 0. The fraction of sp³-hybridized carbons (Fsp3) is 1.00. The zero-order chi connectivity index (χ0) is 11.6. The Hall–Kier alpha value is -0.600. The number of hydrogen-bond donors (Lipinski definition) is 0. The van der Waals surface area contributed by atoms with Crippen LogP contribution in [0.4, 0.5) is 35.1 Å². The Bertz CT molecular complexity index is 170. The molecule has 1 atom stereocenters. The first-order valence-electron chi connectivity index (χ1n) is 3.12. The molecule has 0 aromatic carbocycles. The second-order valence-corrected chi connectivity index (χ2v) is 2.22. The summed E-state index contributed by atoms with van der Waals surface area (Å²) in [6.45, 7) is 0. The van der Waals surface area contributed by atoms with Crippen LogP contribution in [0.25, 0.3) is 0 Å². The van der Waals surface area contributed by atoms with Gasteiger partial charge in [0.2, 0.25) is 6.43 Å². The van der Waals surface area contributed by atoms with Crippen LogP contribution in [-0.4, -0.2) is 25.1 Å². The molecule has 0 aliphatic carbocycles. The maximum Gasteiger partial charge on any atom is 0.523 e. The summed E-state index contributed by atoms with van der Waals surface area (Å²) in [6, 6.07) is 0. The Kier molecular flexibility index (Phi) is 4.10. The molecule has 14 heavy (non-hydrogen) atoms. The molecule has 0 heterocycles. The highest BCUT2D eigenvalue weighted by Crippen LogP contribution is 2.32. The van der Waals surface area contributed by atoms with E-state index >= 15 is 0 Å². The van der Waals surface area contributed by atoms with Gasteiger partial charge in [-0.2, -0.15) is 13.2 Å². The molecule has 0 spiro atoms. The predicted molar refractivity (Wildman–Crippen MR) is 27.6 cm³/mol. The van der Waals surface area contributed by atoms with E-state index in [4.69, 9.17) is 0 Å². The molecule has 0 aromatic rings. The summed E-state index contributed by atoms with van der Waals surface area (Å²) in [5.41, 5.74) is 0. The van der Waals surface area contributed by atoms with Crippen molar-refractivity contribution in [1.82, 2.24) is 0 Å². The highest BCUT2D eigenvalue weighted by atomic mass is 19.4. The quantitative estimate of drug-likeness (QED) is 0.679. The first-order chi connectivity index (χ1) is 6.02. The van der Waals surface area contributed by atoms with Gasteiger partial charge in [-0.3, -0.25) is 4.74 Å². The molecular weight excluding hydrogens is 228 g/mol. The summed E-state index contributed by atoms with van der Waals surface area (Å²) in [7, 11) is 0. The molecule has 0 N–H and O–H groups in total. The van der Waals surface area contributed by atoms with Gasteiger partial charge in [0.25, 0.3) is 0 Å². The number of rotatable bonds is 3. The molecule has 86 valence electrons. The van der Waals surface area contributed by atoms with E-state index in [9.17, 15) is 35.1 Å². The summed E-state index contributed by atoms with van der Waals surface area (Å²) >= 11 is 0. The molecule has 9 heteroatoms. The molecule has 0 aromatic heterocycles. The van der Waals surface area contributed by atoms with E-state index in [0.29, 0.717) is 0 Å². The lowest BCUT2D eigenvalue weighted by Crippen LogP contribution is -2.38. The van der Waals surface area contributed by atoms with Gasteiger partial charge in [0.05, 0.1) is 0 Å². The third-order valence-electron chi connectivity index (χ3n) is 1.03. The number of alkyl halides is 8. The van der Waals surface area contributed by atoms with Gasteiger partial charge in [0.1, 0.15) is 0 Å². The molecule has 0 bridgehead atoms. The fourth-order valence-corrected chi connectivity index (χ4v) is 0.572. The van der Waals surface area contributed by atoms with Crippen molar-refractivity contribution < 1.29 is 39.9 Å². The minimum Gasteiger partial charge on any atom is -0.279 e. The van der Waals surface area contributed by atoms with E-state index in [-0.39, 0.29) is 0 Å². The van der Waals surface area contributed by atoms with Crippen LogP contribution < -0.4 is 0 Å². The Morgan fingerprint density at radius 2 is 1.36 bits per heavy atom. The largest absolute Gasteiger partial charge is 0.523 e. The first-order valence-corrected chi connectivity index (χ1v) is 3.12. The van der Waals surface area contributed by atoms with Crippen LogP contribution in [0.1, 0.15) is 6.42 Å². The van der Waals surface area contributed by atoms with Crippen LogP contribution in [0.15, 0.2) is 0 Å². The van der Waals surface area contributed by atoms with E-state index < -0.39 is 31.5 Å². The van der Waals surface area contributed by atoms with E-state index in [1.807, 2.05) is 0 Å². The summed E-state index contributed by atoms with van der Waals surface area (Å²) in [6.07, 6.45) is -20.1. The lowest BCUT2D eigenvalue weighted by Gasteiger charge is -2.21. The third-order valence-corrected chi connectivity index (χ3v) is 1.03. The van der Waals surface area contributed by atoms with Crippen LogP contribution in [0.5, 0.6) is 0 Å². The lowest BCUT2D eigenvalue weighted by molar-refractivity contribution is -0.382. The van der Waals surface area contributed by atoms with E-state index in [0.717, 1.165) is 0 Å². The maximum absolute atomic E-state index is 11.7. The summed E-state index contributed by atoms with van der Waals surface area (Å²) in [5, 5.41) is 0. The van der Waals surface area contributed by atoms with Crippen molar-refractivity contribution in [3.8, 4) is 0 Å². The van der Waals surface area contributed by atoms with Gasteiger partial charge in [-0.1, -0.05) is 0 Å². The van der Waals surface area contributed by atoms with Crippen molar-refractivity contribution in [3.05, 3.63) is 0 Å². The molecule has 1 unspecified atom stereocenters. The zero-order valence-electron chi connectivity index (χ0n) is 6.29. The first kappa shape index (κ1) is 13.4. The Morgan fingerprint density at radius 1 is 0.929 bits per heavy atom. The molecule has 0 rings (SSSR count). The van der Waals surface area contributed by atoms with E-state index in [1.54, 1.807) is 0 Å². The second-order valence-electron chi connectivity index (χ2n) is 2.22. The second kappa shape index (κ2) is 4.28. The minimum absolute atomic E-state index is 2.04. The Balaban J connectivity index is 4.42. The predicted octanol–water partition coefficient (Wildman–Crippen LogP) is 3.11. The van der Waals surface area contributed by atoms with Crippen molar-refractivity contribution in [2.45, 2.75) is 31.5 Å². The fourth-order valence-electron chi connectivity index (χ4n) is 0.572. The molecule has 0 aliphatic heterocycles. The van der Waals surface area contributed by atoms with Gasteiger partial charge in [-0.25, -0.2) is 8.78 Å². The van der Waals surface area contributed by atoms with Crippen LogP contribution >= 0.6 is 0 Å². The van der Waals surface area contributed by atoms with Gasteiger partial charge >= 0.3 is 12.5 Å². The van der Waals surface area contributed by atoms with Crippen molar-refractivity contribution in [2.75, 3.05) is 0 Å².